The molecule has 1 fully saturated rings. The second-order valence-corrected chi connectivity index (χ2v) is 6.12. The Bertz CT molecular complexity index is 646. The number of nitrogens with zero attached hydrogens (tertiary/aromatic N) is 4. The van der Waals surface area contributed by atoms with Crippen LogP contribution in [0.2, 0.25) is 0 Å². The van der Waals surface area contributed by atoms with Gasteiger partial charge in [-0.05, 0) is 31.2 Å². The van der Waals surface area contributed by atoms with E-state index in [0.29, 0.717) is 24.4 Å². The Morgan fingerprint density at radius 3 is 2.75 bits per heavy atom. The average Bonchev–Trinajstić information content (AvgIpc) is 3.03. The molecule has 1 saturated heterocycles. The summed E-state index contributed by atoms with van der Waals surface area (Å²) in [5.74, 6) is 0.738. The first-order chi connectivity index (χ1) is 11.7. The van der Waals surface area contributed by atoms with Crippen LogP contribution < -0.4 is 0 Å². The third-order valence-electron chi connectivity index (χ3n) is 4.35. The van der Waals surface area contributed by atoms with Crippen LogP contribution in [0.5, 0.6) is 0 Å². The highest BCUT2D eigenvalue weighted by Gasteiger charge is 2.24. The second-order valence-electron chi connectivity index (χ2n) is 6.12. The van der Waals surface area contributed by atoms with Crippen molar-refractivity contribution < 1.29 is 13.5 Å². The molecular weight excluding hydrogens is 311 g/mol. The minimum Gasteiger partial charge on any atom is -0.419 e. The molecule has 1 aromatic carbocycles. The summed E-state index contributed by atoms with van der Waals surface area (Å²) in [6.45, 7) is 7.50. The Morgan fingerprint density at radius 2 is 2.04 bits per heavy atom. The molecule has 0 aliphatic carbocycles. The average molecular weight is 334 g/mol. The van der Waals surface area contributed by atoms with Gasteiger partial charge in [-0.3, -0.25) is 9.80 Å². The maximum atomic E-state index is 13.0. The van der Waals surface area contributed by atoms with Crippen LogP contribution in [0.1, 0.15) is 12.8 Å². The van der Waals surface area contributed by atoms with Gasteiger partial charge in [0, 0.05) is 44.9 Å². The zero-order valence-electron chi connectivity index (χ0n) is 14.1. The van der Waals surface area contributed by atoms with E-state index in [1.54, 1.807) is 19.2 Å². The van der Waals surface area contributed by atoms with Crippen molar-refractivity contribution in [2.45, 2.75) is 19.5 Å². The SMILES string of the molecule is COCCN1CCN(Cc2nnc(-c3ccc(F)cc3)o2)C[C@@H]1C. The molecule has 2 aromatic rings. The van der Waals surface area contributed by atoms with E-state index in [1.165, 1.54) is 12.1 Å². The lowest BCUT2D eigenvalue weighted by molar-refractivity contribution is 0.0522. The van der Waals surface area contributed by atoms with Crippen LogP contribution in [0.4, 0.5) is 4.39 Å². The quantitative estimate of drug-likeness (QED) is 0.806. The molecule has 3 rings (SSSR count). The molecule has 1 aromatic heterocycles. The van der Waals surface area contributed by atoms with Crippen LogP contribution in [0.3, 0.4) is 0 Å². The smallest absolute Gasteiger partial charge is 0.247 e. The molecule has 0 N–H and O–H groups in total. The molecule has 1 atom stereocenters. The van der Waals surface area contributed by atoms with E-state index in [4.69, 9.17) is 9.15 Å². The van der Waals surface area contributed by atoms with Crippen LogP contribution in [-0.4, -0.2) is 65.9 Å². The number of methoxy groups -OCH3 is 1. The number of benzene rings is 1. The summed E-state index contributed by atoms with van der Waals surface area (Å²) in [5, 5.41) is 8.18. The molecular formula is C17H23FN4O2. The van der Waals surface area contributed by atoms with Crippen molar-refractivity contribution in [1.29, 1.82) is 0 Å². The van der Waals surface area contributed by atoms with E-state index in [9.17, 15) is 4.39 Å². The second kappa shape index (κ2) is 7.83. The highest BCUT2D eigenvalue weighted by Crippen LogP contribution is 2.19. The summed E-state index contributed by atoms with van der Waals surface area (Å²) < 4.78 is 23.9. The van der Waals surface area contributed by atoms with Gasteiger partial charge in [-0.15, -0.1) is 10.2 Å². The Hall–Kier alpha value is -1.83. The van der Waals surface area contributed by atoms with Crippen LogP contribution in [0.15, 0.2) is 28.7 Å². The maximum absolute atomic E-state index is 13.0. The third-order valence-corrected chi connectivity index (χ3v) is 4.35. The van der Waals surface area contributed by atoms with E-state index in [2.05, 4.69) is 26.9 Å². The van der Waals surface area contributed by atoms with Crippen molar-refractivity contribution in [1.82, 2.24) is 20.0 Å². The van der Waals surface area contributed by atoms with Crippen molar-refractivity contribution in [3.05, 3.63) is 36.0 Å². The van der Waals surface area contributed by atoms with E-state index < -0.39 is 0 Å². The molecule has 130 valence electrons. The number of ether oxygens (including phenoxy) is 1. The molecule has 0 amide bonds. The molecule has 2 heterocycles. The number of piperazine rings is 1. The summed E-state index contributed by atoms with van der Waals surface area (Å²) >= 11 is 0. The van der Waals surface area contributed by atoms with E-state index >= 15 is 0 Å². The molecule has 24 heavy (non-hydrogen) atoms. The van der Waals surface area contributed by atoms with E-state index in [-0.39, 0.29) is 5.82 Å². The van der Waals surface area contributed by atoms with Crippen molar-refractivity contribution in [2.75, 3.05) is 39.9 Å². The first-order valence-corrected chi connectivity index (χ1v) is 8.19. The first kappa shape index (κ1) is 17.0. The minimum absolute atomic E-state index is 0.279. The summed E-state index contributed by atoms with van der Waals surface area (Å²) in [6, 6.07) is 6.53. The van der Waals surface area contributed by atoms with Gasteiger partial charge in [0.05, 0.1) is 13.2 Å². The minimum atomic E-state index is -0.279. The molecule has 0 bridgehead atoms. The molecule has 0 unspecified atom stereocenters. The van der Waals surface area contributed by atoms with Gasteiger partial charge in [0.25, 0.3) is 0 Å². The largest absolute Gasteiger partial charge is 0.419 e. The lowest BCUT2D eigenvalue weighted by Gasteiger charge is -2.39. The monoisotopic (exact) mass is 334 g/mol. The van der Waals surface area contributed by atoms with Crippen LogP contribution in [0.25, 0.3) is 11.5 Å². The third kappa shape index (κ3) is 4.17. The zero-order chi connectivity index (χ0) is 16.9. The molecule has 1 aliphatic heterocycles. The maximum Gasteiger partial charge on any atom is 0.247 e. The predicted octanol–water partition coefficient (Wildman–Crippen LogP) is 2.03. The van der Waals surface area contributed by atoms with Gasteiger partial charge in [-0.25, -0.2) is 4.39 Å². The van der Waals surface area contributed by atoms with Crippen LogP contribution in [-0.2, 0) is 11.3 Å². The number of hydrogen-bond donors (Lipinski definition) is 0. The van der Waals surface area contributed by atoms with Crippen molar-refractivity contribution >= 4 is 0 Å². The molecule has 7 heteroatoms. The fourth-order valence-electron chi connectivity index (χ4n) is 2.97. The fourth-order valence-corrected chi connectivity index (χ4v) is 2.97. The van der Waals surface area contributed by atoms with Gasteiger partial charge >= 0.3 is 0 Å². The van der Waals surface area contributed by atoms with E-state index in [1.807, 2.05) is 0 Å². The zero-order valence-corrected chi connectivity index (χ0v) is 14.1. The van der Waals surface area contributed by atoms with E-state index in [0.717, 1.165) is 38.3 Å². The summed E-state index contributed by atoms with van der Waals surface area (Å²) in [5.41, 5.74) is 0.730. The molecule has 6 nitrogen and oxygen atoms in total. The van der Waals surface area contributed by atoms with Gasteiger partial charge in [-0.1, -0.05) is 0 Å². The van der Waals surface area contributed by atoms with Crippen molar-refractivity contribution in [2.24, 2.45) is 0 Å². The summed E-state index contributed by atoms with van der Waals surface area (Å²) in [7, 11) is 1.73. The Labute approximate surface area is 141 Å². The normalized spacial score (nSPS) is 19.7. The Morgan fingerprint density at radius 1 is 1.25 bits per heavy atom. The molecule has 0 radical (unpaired) electrons. The van der Waals surface area contributed by atoms with Gasteiger partial charge in [0.1, 0.15) is 5.82 Å². The summed E-state index contributed by atoms with van der Waals surface area (Å²) in [4.78, 5) is 4.74. The molecule has 0 saturated carbocycles. The molecule has 0 spiro atoms. The van der Waals surface area contributed by atoms with Crippen molar-refractivity contribution in [3.63, 3.8) is 0 Å². The van der Waals surface area contributed by atoms with Gasteiger partial charge in [0.2, 0.25) is 11.8 Å². The summed E-state index contributed by atoms with van der Waals surface area (Å²) in [6.07, 6.45) is 0. The number of aromatic nitrogens is 2. The Kier molecular flexibility index (Phi) is 5.55. The number of rotatable bonds is 6. The lowest BCUT2D eigenvalue weighted by Crippen LogP contribution is -2.52. The molecule has 1 aliphatic rings. The lowest BCUT2D eigenvalue weighted by atomic mass is 10.2. The number of halogens is 1. The van der Waals surface area contributed by atoms with Gasteiger partial charge in [0.15, 0.2) is 0 Å². The van der Waals surface area contributed by atoms with Crippen LogP contribution >= 0.6 is 0 Å². The highest BCUT2D eigenvalue weighted by atomic mass is 19.1. The first-order valence-electron chi connectivity index (χ1n) is 8.19. The Balaban J connectivity index is 1.56. The van der Waals surface area contributed by atoms with Crippen molar-refractivity contribution in [3.8, 4) is 11.5 Å². The van der Waals surface area contributed by atoms with Gasteiger partial charge < -0.3 is 9.15 Å². The van der Waals surface area contributed by atoms with Gasteiger partial charge in [-0.2, -0.15) is 0 Å². The standard InChI is InChI=1S/C17H23FN4O2/c1-13-11-21(7-8-22(13)9-10-23-2)12-16-19-20-17(24-16)14-3-5-15(18)6-4-14/h3-6,13H,7-12H2,1-2H3/t13-/m0/s1. The topological polar surface area (TPSA) is 54.6 Å². The van der Waals surface area contributed by atoms with Crippen LogP contribution in [0, 0.1) is 5.82 Å². The fraction of sp³-hybridized carbons (Fsp3) is 0.529. The highest BCUT2D eigenvalue weighted by molar-refractivity contribution is 5.51. The predicted molar refractivity (Wildman–Crippen MR) is 87.9 cm³/mol. The number of hydrogen-bond acceptors (Lipinski definition) is 6.